The van der Waals surface area contributed by atoms with Gasteiger partial charge in [-0.3, -0.25) is 4.79 Å². The molecule has 0 aromatic heterocycles. The quantitative estimate of drug-likeness (QED) is 0.812. The second-order valence-corrected chi connectivity index (χ2v) is 6.79. The molecule has 0 aliphatic carbocycles. The molecule has 1 heterocycles. The van der Waals surface area contributed by atoms with Gasteiger partial charge in [-0.05, 0) is 69.4 Å². The maximum atomic E-state index is 12.7. The van der Waals surface area contributed by atoms with Gasteiger partial charge in [0.1, 0.15) is 0 Å². The van der Waals surface area contributed by atoms with Crippen molar-refractivity contribution < 1.29 is 9.59 Å². The van der Waals surface area contributed by atoms with Crippen LogP contribution in [0.2, 0.25) is 0 Å². The Morgan fingerprint density at radius 2 is 1.70 bits per heavy atom. The number of carbonyl (C=O) groups excluding carboxylic acids is 2. The number of anilines is 2. The fourth-order valence-electron chi connectivity index (χ4n) is 3.18. The van der Waals surface area contributed by atoms with E-state index in [1.165, 1.54) is 0 Å². The SMILES string of the molecule is CN1CCC(C(=O)c2cccc(NC(=O)Nc3ccc(C#N)cc3)c2)CC1. The molecule has 1 aliphatic rings. The number of nitrogens with one attached hydrogen (secondary N) is 2. The molecule has 0 atom stereocenters. The maximum Gasteiger partial charge on any atom is 0.323 e. The summed E-state index contributed by atoms with van der Waals surface area (Å²) < 4.78 is 0. The van der Waals surface area contributed by atoms with Gasteiger partial charge in [0, 0.05) is 22.9 Å². The summed E-state index contributed by atoms with van der Waals surface area (Å²) in [5, 5.41) is 14.3. The fraction of sp³-hybridized carbons (Fsp3) is 0.286. The summed E-state index contributed by atoms with van der Waals surface area (Å²) in [6, 6.07) is 15.3. The molecule has 0 unspecified atom stereocenters. The zero-order valence-electron chi connectivity index (χ0n) is 15.2. The molecule has 27 heavy (non-hydrogen) atoms. The van der Waals surface area contributed by atoms with Crippen LogP contribution >= 0.6 is 0 Å². The van der Waals surface area contributed by atoms with Crippen LogP contribution in [0.3, 0.4) is 0 Å². The highest BCUT2D eigenvalue weighted by molar-refractivity contribution is 6.02. The van der Waals surface area contributed by atoms with Crippen LogP contribution in [0.4, 0.5) is 16.2 Å². The number of urea groups is 1. The first-order valence-electron chi connectivity index (χ1n) is 8.96. The molecule has 3 rings (SSSR count). The summed E-state index contributed by atoms with van der Waals surface area (Å²) in [7, 11) is 2.07. The Kier molecular flexibility index (Phi) is 5.84. The summed E-state index contributed by atoms with van der Waals surface area (Å²) in [6.07, 6.45) is 1.73. The number of Topliss-reactive ketones (excluding diaryl/α,β-unsaturated/α-hetero) is 1. The standard InChI is InChI=1S/C21H22N4O2/c1-25-11-9-16(10-12-25)20(26)17-3-2-4-19(13-17)24-21(27)23-18-7-5-15(14-22)6-8-18/h2-8,13,16H,9-12H2,1H3,(H2,23,24,27). The smallest absolute Gasteiger partial charge is 0.308 e. The van der Waals surface area contributed by atoms with Crippen LogP contribution < -0.4 is 10.6 Å². The number of hydrogen-bond donors (Lipinski definition) is 2. The normalized spacial score (nSPS) is 15.0. The predicted molar refractivity (Wildman–Crippen MR) is 105 cm³/mol. The van der Waals surface area contributed by atoms with Gasteiger partial charge in [0.15, 0.2) is 5.78 Å². The largest absolute Gasteiger partial charge is 0.323 e. The molecule has 138 valence electrons. The van der Waals surface area contributed by atoms with Crippen molar-refractivity contribution in [3.63, 3.8) is 0 Å². The molecule has 0 saturated carbocycles. The van der Waals surface area contributed by atoms with E-state index in [0.29, 0.717) is 22.5 Å². The van der Waals surface area contributed by atoms with Crippen molar-refractivity contribution in [1.82, 2.24) is 4.90 Å². The number of amides is 2. The van der Waals surface area contributed by atoms with Gasteiger partial charge >= 0.3 is 6.03 Å². The van der Waals surface area contributed by atoms with Crippen molar-refractivity contribution in [1.29, 1.82) is 5.26 Å². The maximum absolute atomic E-state index is 12.7. The molecule has 1 saturated heterocycles. The van der Waals surface area contributed by atoms with Gasteiger partial charge in [0.25, 0.3) is 0 Å². The second-order valence-electron chi connectivity index (χ2n) is 6.79. The third-order valence-electron chi connectivity index (χ3n) is 4.77. The van der Waals surface area contributed by atoms with Crippen molar-refractivity contribution in [3.8, 4) is 6.07 Å². The van der Waals surface area contributed by atoms with Crippen LogP contribution in [0.15, 0.2) is 48.5 Å². The zero-order valence-corrected chi connectivity index (χ0v) is 15.2. The first-order valence-corrected chi connectivity index (χ1v) is 8.96. The van der Waals surface area contributed by atoms with E-state index in [9.17, 15) is 9.59 Å². The number of likely N-dealkylation sites (tertiary alicyclic amines) is 1. The van der Waals surface area contributed by atoms with Crippen LogP contribution in [0, 0.1) is 17.2 Å². The summed E-state index contributed by atoms with van der Waals surface area (Å²) >= 11 is 0. The Hall–Kier alpha value is -3.17. The van der Waals surface area contributed by atoms with Crippen LogP contribution in [0.5, 0.6) is 0 Å². The zero-order chi connectivity index (χ0) is 19.2. The molecule has 6 heteroatoms. The second kappa shape index (κ2) is 8.47. The van der Waals surface area contributed by atoms with E-state index in [-0.39, 0.29) is 11.7 Å². The first-order chi connectivity index (χ1) is 13.0. The first kappa shape index (κ1) is 18.6. The third-order valence-corrected chi connectivity index (χ3v) is 4.77. The monoisotopic (exact) mass is 362 g/mol. The van der Waals surface area contributed by atoms with Gasteiger partial charge in [-0.1, -0.05) is 12.1 Å². The molecule has 1 fully saturated rings. The molecule has 2 aromatic rings. The Labute approximate surface area is 158 Å². The van der Waals surface area contributed by atoms with E-state index >= 15 is 0 Å². The van der Waals surface area contributed by atoms with Crippen LogP contribution in [-0.2, 0) is 0 Å². The molecule has 1 aliphatic heterocycles. The molecular formula is C21H22N4O2. The van der Waals surface area contributed by atoms with Crippen molar-refractivity contribution in [3.05, 3.63) is 59.7 Å². The van der Waals surface area contributed by atoms with Gasteiger partial charge in [0.2, 0.25) is 0 Å². The number of carbonyl (C=O) groups is 2. The minimum absolute atomic E-state index is 0.0453. The average molecular weight is 362 g/mol. The summed E-state index contributed by atoms with van der Waals surface area (Å²) in [6.45, 7) is 1.86. The molecule has 0 bridgehead atoms. The lowest BCUT2D eigenvalue weighted by molar-refractivity contribution is 0.0857. The van der Waals surface area contributed by atoms with Gasteiger partial charge in [-0.25, -0.2) is 4.79 Å². The van der Waals surface area contributed by atoms with E-state index in [1.54, 1.807) is 48.5 Å². The van der Waals surface area contributed by atoms with Crippen molar-refractivity contribution in [2.24, 2.45) is 5.92 Å². The minimum atomic E-state index is -0.399. The summed E-state index contributed by atoms with van der Waals surface area (Å²) in [4.78, 5) is 27.1. The van der Waals surface area contributed by atoms with Gasteiger partial charge in [-0.15, -0.1) is 0 Å². The van der Waals surface area contributed by atoms with Gasteiger partial charge in [0.05, 0.1) is 11.6 Å². The van der Waals surface area contributed by atoms with E-state index in [2.05, 4.69) is 22.6 Å². The highest BCUT2D eigenvalue weighted by Gasteiger charge is 2.24. The lowest BCUT2D eigenvalue weighted by atomic mass is 9.89. The molecular weight excluding hydrogens is 340 g/mol. The number of nitriles is 1. The number of piperidine rings is 1. The molecule has 2 N–H and O–H groups in total. The number of hydrogen-bond acceptors (Lipinski definition) is 4. The van der Waals surface area contributed by atoms with Gasteiger partial charge < -0.3 is 15.5 Å². The lowest BCUT2D eigenvalue weighted by Gasteiger charge is -2.28. The van der Waals surface area contributed by atoms with E-state index in [4.69, 9.17) is 5.26 Å². The summed E-state index contributed by atoms with van der Waals surface area (Å²) in [5.41, 5.74) is 2.31. The Morgan fingerprint density at radius 3 is 2.37 bits per heavy atom. The van der Waals surface area contributed by atoms with Crippen LogP contribution in [-0.4, -0.2) is 36.9 Å². The molecule has 6 nitrogen and oxygen atoms in total. The van der Waals surface area contributed by atoms with Crippen molar-refractivity contribution >= 4 is 23.2 Å². The van der Waals surface area contributed by atoms with E-state index < -0.39 is 6.03 Å². The van der Waals surface area contributed by atoms with Crippen molar-refractivity contribution in [2.45, 2.75) is 12.8 Å². The molecule has 2 amide bonds. The molecule has 2 aromatic carbocycles. The van der Waals surface area contributed by atoms with Crippen LogP contribution in [0.25, 0.3) is 0 Å². The topological polar surface area (TPSA) is 85.2 Å². The highest BCUT2D eigenvalue weighted by Crippen LogP contribution is 2.22. The Bertz CT molecular complexity index is 862. The lowest BCUT2D eigenvalue weighted by Crippen LogP contribution is -2.33. The van der Waals surface area contributed by atoms with E-state index in [0.717, 1.165) is 25.9 Å². The number of nitrogens with zero attached hydrogens (tertiary/aromatic N) is 2. The molecule has 0 radical (unpaired) electrons. The van der Waals surface area contributed by atoms with E-state index in [1.807, 2.05) is 6.07 Å². The Morgan fingerprint density at radius 1 is 1.04 bits per heavy atom. The number of rotatable bonds is 4. The number of ketones is 1. The third kappa shape index (κ3) is 4.93. The minimum Gasteiger partial charge on any atom is -0.308 e. The predicted octanol–water partition coefficient (Wildman–Crippen LogP) is 3.73. The van der Waals surface area contributed by atoms with Crippen molar-refractivity contribution in [2.75, 3.05) is 30.8 Å². The molecule has 0 spiro atoms. The highest BCUT2D eigenvalue weighted by atomic mass is 16.2. The Balaban J connectivity index is 1.62. The fourth-order valence-corrected chi connectivity index (χ4v) is 3.18. The van der Waals surface area contributed by atoms with Crippen LogP contribution in [0.1, 0.15) is 28.8 Å². The summed E-state index contributed by atoms with van der Waals surface area (Å²) in [5.74, 6) is 0.183. The number of benzene rings is 2. The van der Waals surface area contributed by atoms with Gasteiger partial charge in [-0.2, -0.15) is 5.26 Å². The average Bonchev–Trinajstić information content (AvgIpc) is 2.69.